The van der Waals surface area contributed by atoms with Gasteiger partial charge in [-0.15, -0.1) is 0 Å². The fraction of sp³-hybridized carbons (Fsp3) is 0.0909. The lowest BCUT2D eigenvalue weighted by Crippen LogP contribution is -2.07. The van der Waals surface area contributed by atoms with Crippen LogP contribution in [0.1, 0.15) is 11.3 Å². The molecule has 2 rings (SSSR count). The number of para-hydroxylation sites is 1. The van der Waals surface area contributed by atoms with Crippen molar-refractivity contribution in [3.63, 3.8) is 0 Å². The normalized spacial score (nSPS) is 11.5. The molecule has 0 unspecified atom stereocenters. The number of nitriles is 1. The summed E-state index contributed by atoms with van der Waals surface area (Å²) >= 11 is 5.80. The van der Waals surface area contributed by atoms with Crippen molar-refractivity contribution in [2.24, 2.45) is 0 Å². The lowest BCUT2D eigenvalue weighted by molar-refractivity contribution is -0.136. The van der Waals surface area contributed by atoms with E-state index in [0.29, 0.717) is 0 Å². The molecule has 2 nitrogen and oxygen atoms in total. The van der Waals surface area contributed by atoms with Crippen LogP contribution in [0, 0.1) is 11.3 Å². The third-order valence-corrected chi connectivity index (χ3v) is 2.52. The zero-order valence-electron chi connectivity index (χ0n) is 8.22. The molecule has 0 saturated heterocycles. The number of aromatic nitrogens is 1. The summed E-state index contributed by atoms with van der Waals surface area (Å²) in [5, 5.41) is 8.92. The summed E-state index contributed by atoms with van der Waals surface area (Å²) in [6.07, 6.45) is -4.52. The Morgan fingerprint density at radius 3 is 2.59 bits per heavy atom. The summed E-state index contributed by atoms with van der Waals surface area (Å²) in [5.74, 6) is 0. The van der Waals surface area contributed by atoms with Gasteiger partial charge < -0.3 is 0 Å². The van der Waals surface area contributed by atoms with Crippen LogP contribution in [0.25, 0.3) is 10.9 Å². The number of alkyl halides is 3. The molecule has 0 radical (unpaired) electrons. The minimum Gasteiger partial charge on any atom is -0.236 e. The molecule has 1 aromatic carbocycles. The second kappa shape index (κ2) is 3.90. The van der Waals surface area contributed by atoms with Crippen LogP contribution in [0.4, 0.5) is 13.2 Å². The topological polar surface area (TPSA) is 36.7 Å². The third kappa shape index (κ3) is 2.04. The highest BCUT2D eigenvalue weighted by Gasteiger charge is 2.33. The molecule has 0 bridgehead atoms. The van der Waals surface area contributed by atoms with E-state index >= 15 is 0 Å². The van der Waals surface area contributed by atoms with Gasteiger partial charge in [-0.05, 0) is 12.1 Å². The summed E-state index contributed by atoms with van der Waals surface area (Å²) in [6.45, 7) is 0. The van der Waals surface area contributed by atoms with Gasteiger partial charge in [0.25, 0.3) is 0 Å². The number of rotatable bonds is 0. The molecule has 0 spiro atoms. The molecular weight excluding hydrogens is 253 g/mol. The van der Waals surface area contributed by atoms with Crippen molar-refractivity contribution in [2.45, 2.75) is 6.18 Å². The van der Waals surface area contributed by atoms with E-state index in [9.17, 15) is 13.2 Å². The second-order valence-corrected chi connectivity index (χ2v) is 3.71. The number of pyridine rings is 1. The molecule has 17 heavy (non-hydrogen) atoms. The molecule has 0 aliphatic carbocycles. The molecule has 0 N–H and O–H groups in total. The van der Waals surface area contributed by atoms with Crippen molar-refractivity contribution in [1.29, 1.82) is 5.26 Å². The number of halogens is 4. The summed E-state index contributed by atoms with van der Waals surface area (Å²) in [7, 11) is 0. The molecule has 2 aromatic rings. The van der Waals surface area contributed by atoms with Crippen LogP contribution < -0.4 is 0 Å². The fourth-order valence-corrected chi connectivity index (χ4v) is 1.75. The molecule has 0 aliphatic rings. The SMILES string of the molecule is N#Cc1cc(Cl)c2cccc(C(F)(F)F)c2n1. The van der Waals surface area contributed by atoms with Crippen molar-refractivity contribution in [3.8, 4) is 6.07 Å². The lowest BCUT2D eigenvalue weighted by Gasteiger charge is -2.10. The third-order valence-electron chi connectivity index (χ3n) is 2.21. The second-order valence-electron chi connectivity index (χ2n) is 3.30. The minimum atomic E-state index is -4.52. The van der Waals surface area contributed by atoms with Crippen molar-refractivity contribution in [1.82, 2.24) is 4.98 Å². The van der Waals surface area contributed by atoms with E-state index in [-0.39, 0.29) is 21.6 Å². The fourth-order valence-electron chi connectivity index (χ4n) is 1.49. The van der Waals surface area contributed by atoms with Gasteiger partial charge in [-0.1, -0.05) is 23.7 Å². The van der Waals surface area contributed by atoms with E-state index in [2.05, 4.69) is 4.98 Å². The molecule has 0 saturated carbocycles. The zero-order chi connectivity index (χ0) is 12.6. The van der Waals surface area contributed by atoms with Crippen LogP contribution >= 0.6 is 11.6 Å². The lowest BCUT2D eigenvalue weighted by atomic mass is 10.1. The highest BCUT2D eigenvalue weighted by molar-refractivity contribution is 6.35. The van der Waals surface area contributed by atoms with Crippen molar-refractivity contribution < 1.29 is 13.2 Å². The Hall–Kier alpha value is -1.80. The molecule has 0 fully saturated rings. The van der Waals surface area contributed by atoms with E-state index in [1.165, 1.54) is 18.2 Å². The monoisotopic (exact) mass is 256 g/mol. The highest BCUT2D eigenvalue weighted by atomic mass is 35.5. The van der Waals surface area contributed by atoms with Gasteiger partial charge in [0.2, 0.25) is 0 Å². The van der Waals surface area contributed by atoms with E-state index in [1.807, 2.05) is 0 Å². The number of hydrogen-bond donors (Lipinski definition) is 0. The average molecular weight is 257 g/mol. The van der Waals surface area contributed by atoms with Gasteiger partial charge in [-0.25, -0.2) is 4.98 Å². The van der Waals surface area contributed by atoms with E-state index in [0.717, 1.165) is 6.07 Å². The van der Waals surface area contributed by atoms with Gasteiger partial charge in [-0.3, -0.25) is 0 Å². The predicted molar refractivity (Wildman–Crippen MR) is 56.5 cm³/mol. The molecule has 1 aromatic heterocycles. The first-order chi connectivity index (χ1) is 7.93. The molecule has 0 amide bonds. The van der Waals surface area contributed by atoms with Crippen LogP contribution in [-0.4, -0.2) is 4.98 Å². The van der Waals surface area contributed by atoms with Gasteiger partial charge in [0.15, 0.2) is 0 Å². The first-order valence-corrected chi connectivity index (χ1v) is 4.88. The molecule has 86 valence electrons. The maximum atomic E-state index is 12.7. The Morgan fingerprint density at radius 2 is 2.00 bits per heavy atom. The largest absolute Gasteiger partial charge is 0.418 e. The van der Waals surface area contributed by atoms with Crippen LogP contribution in [0.3, 0.4) is 0 Å². The Bertz CT molecular complexity index is 629. The standard InChI is InChI=1S/C11H4ClF3N2/c12-9-4-6(5-16)17-10-7(9)2-1-3-8(10)11(13,14)15/h1-4H. The Kier molecular flexibility index (Phi) is 2.68. The van der Waals surface area contributed by atoms with Crippen LogP contribution in [-0.2, 0) is 6.18 Å². The van der Waals surface area contributed by atoms with Crippen LogP contribution in [0.15, 0.2) is 24.3 Å². The number of hydrogen-bond acceptors (Lipinski definition) is 2. The molecule has 0 aliphatic heterocycles. The first-order valence-electron chi connectivity index (χ1n) is 4.50. The van der Waals surface area contributed by atoms with Gasteiger partial charge in [0.1, 0.15) is 11.8 Å². The smallest absolute Gasteiger partial charge is 0.236 e. The van der Waals surface area contributed by atoms with E-state index < -0.39 is 11.7 Å². The summed E-state index contributed by atoms with van der Waals surface area (Å²) in [6, 6.07) is 6.51. The van der Waals surface area contributed by atoms with E-state index in [1.54, 1.807) is 6.07 Å². The molecule has 1 heterocycles. The van der Waals surface area contributed by atoms with Crippen molar-refractivity contribution in [2.75, 3.05) is 0 Å². The van der Waals surface area contributed by atoms with Crippen LogP contribution in [0.5, 0.6) is 0 Å². The van der Waals surface area contributed by atoms with Crippen molar-refractivity contribution in [3.05, 3.63) is 40.5 Å². The Morgan fingerprint density at radius 1 is 1.29 bits per heavy atom. The first kappa shape index (κ1) is 11.7. The van der Waals surface area contributed by atoms with Gasteiger partial charge >= 0.3 is 6.18 Å². The highest BCUT2D eigenvalue weighted by Crippen LogP contribution is 2.35. The molecule has 6 heteroatoms. The van der Waals surface area contributed by atoms with Gasteiger partial charge in [-0.2, -0.15) is 18.4 Å². The summed E-state index contributed by atoms with van der Waals surface area (Å²) in [4.78, 5) is 3.66. The van der Waals surface area contributed by atoms with Gasteiger partial charge in [0, 0.05) is 5.39 Å². The Balaban J connectivity index is 2.89. The van der Waals surface area contributed by atoms with Crippen molar-refractivity contribution >= 4 is 22.5 Å². The number of nitrogens with zero attached hydrogens (tertiary/aromatic N) is 2. The zero-order valence-corrected chi connectivity index (χ0v) is 8.97. The maximum absolute atomic E-state index is 12.7. The number of fused-ring (bicyclic) bond motifs is 1. The quantitative estimate of drug-likeness (QED) is 0.719. The summed E-state index contributed by atoms with van der Waals surface area (Å²) < 4.78 is 38.2. The van der Waals surface area contributed by atoms with Crippen LogP contribution in [0.2, 0.25) is 5.02 Å². The van der Waals surface area contributed by atoms with E-state index in [4.69, 9.17) is 16.9 Å². The predicted octanol–water partition coefficient (Wildman–Crippen LogP) is 3.78. The minimum absolute atomic E-state index is 0.0812. The number of benzene rings is 1. The van der Waals surface area contributed by atoms with Gasteiger partial charge in [0.05, 0.1) is 16.1 Å². The Labute approximate surface area is 99.3 Å². The molecular formula is C11H4ClF3N2. The summed E-state index contributed by atoms with van der Waals surface area (Å²) in [5.41, 5.74) is -1.34. The average Bonchev–Trinajstić information content (AvgIpc) is 2.26. The molecule has 0 atom stereocenters. The maximum Gasteiger partial charge on any atom is 0.418 e.